The number of para-hydroxylation sites is 1. The first-order valence-electron chi connectivity index (χ1n) is 5.48. The first kappa shape index (κ1) is 12.0. The van der Waals surface area contributed by atoms with Gasteiger partial charge >= 0.3 is 5.97 Å². The Hall–Kier alpha value is -2.49. The van der Waals surface area contributed by atoms with E-state index in [4.69, 9.17) is 4.74 Å². The Morgan fingerprint density at radius 3 is 2.56 bits per heavy atom. The Balaban J connectivity index is 2.23. The predicted octanol–water partition coefficient (Wildman–Crippen LogP) is 2.57. The van der Waals surface area contributed by atoms with Gasteiger partial charge in [0.15, 0.2) is 5.82 Å². The molecular formula is C14H12N2O2. The van der Waals surface area contributed by atoms with Gasteiger partial charge in [-0.05, 0) is 24.3 Å². The lowest BCUT2D eigenvalue weighted by atomic mass is 10.2. The third-order valence-corrected chi connectivity index (χ3v) is 2.17. The molecule has 1 aromatic carbocycles. The van der Waals surface area contributed by atoms with Gasteiger partial charge in [0.05, 0.1) is 0 Å². The van der Waals surface area contributed by atoms with Crippen molar-refractivity contribution in [1.29, 1.82) is 0 Å². The minimum Gasteiger partial charge on any atom is -0.426 e. The summed E-state index contributed by atoms with van der Waals surface area (Å²) in [5.74, 6) is 0.791. The van der Waals surface area contributed by atoms with Crippen LogP contribution in [0.15, 0.2) is 42.7 Å². The Kier molecular flexibility index (Phi) is 3.81. The van der Waals surface area contributed by atoms with Gasteiger partial charge in [0.2, 0.25) is 0 Å². The highest BCUT2D eigenvalue weighted by Gasteiger charge is 2.02. The molecule has 0 aliphatic carbocycles. The van der Waals surface area contributed by atoms with E-state index in [9.17, 15) is 4.79 Å². The molecule has 4 nitrogen and oxygen atoms in total. The van der Waals surface area contributed by atoms with Crippen LogP contribution in [0.3, 0.4) is 0 Å². The molecule has 4 heteroatoms. The summed E-state index contributed by atoms with van der Waals surface area (Å²) in [5.41, 5.74) is 0.806. The predicted molar refractivity (Wildman–Crippen MR) is 68.7 cm³/mol. The van der Waals surface area contributed by atoms with E-state index in [2.05, 4.69) is 9.97 Å². The number of nitrogens with zero attached hydrogens (tertiary/aromatic N) is 2. The van der Waals surface area contributed by atoms with Crippen molar-refractivity contribution in [3.63, 3.8) is 0 Å². The number of rotatable bonds is 3. The molecule has 0 bridgehead atoms. The third kappa shape index (κ3) is 3.25. The average molecular weight is 240 g/mol. The standard InChI is InChI=1S/C14H12N2O2/c1-11(17)18-13-6-3-2-5-12(13)7-8-14-15-9-4-10-16-14/h2-10H,1H3. The van der Waals surface area contributed by atoms with Crippen LogP contribution in [-0.2, 0) is 4.79 Å². The second kappa shape index (κ2) is 5.72. The van der Waals surface area contributed by atoms with E-state index in [1.807, 2.05) is 24.3 Å². The molecule has 90 valence electrons. The van der Waals surface area contributed by atoms with Crippen molar-refractivity contribution in [1.82, 2.24) is 9.97 Å². The van der Waals surface area contributed by atoms with Crippen LogP contribution in [0, 0.1) is 0 Å². The van der Waals surface area contributed by atoms with Crippen molar-refractivity contribution >= 4 is 18.1 Å². The van der Waals surface area contributed by atoms with Gasteiger partial charge in [-0.3, -0.25) is 4.79 Å². The van der Waals surface area contributed by atoms with Crippen LogP contribution in [-0.4, -0.2) is 15.9 Å². The van der Waals surface area contributed by atoms with Crippen LogP contribution in [0.25, 0.3) is 12.2 Å². The van der Waals surface area contributed by atoms with E-state index in [-0.39, 0.29) is 5.97 Å². The van der Waals surface area contributed by atoms with Crippen LogP contribution in [0.5, 0.6) is 5.75 Å². The van der Waals surface area contributed by atoms with E-state index < -0.39 is 0 Å². The summed E-state index contributed by atoms with van der Waals surface area (Å²) in [6, 6.07) is 9.04. The smallest absolute Gasteiger partial charge is 0.308 e. The summed E-state index contributed by atoms with van der Waals surface area (Å²) in [6.07, 6.45) is 6.92. The second-order valence-corrected chi connectivity index (χ2v) is 3.57. The van der Waals surface area contributed by atoms with E-state index in [1.165, 1.54) is 6.92 Å². The van der Waals surface area contributed by atoms with Gasteiger partial charge in [-0.15, -0.1) is 0 Å². The zero-order valence-corrected chi connectivity index (χ0v) is 9.91. The van der Waals surface area contributed by atoms with Crippen molar-refractivity contribution in [3.05, 3.63) is 54.1 Å². The Morgan fingerprint density at radius 1 is 1.11 bits per heavy atom. The topological polar surface area (TPSA) is 52.1 Å². The molecule has 18 heavy (non-hydrogen) atoms. The molecule has 1 aromatic heterocycles. The molecule has 0 aliphatic rings. The van der Waals surface area contributed by atoms with Crippen molar-refractivity contribution in [2.75, 3.05) is 0 Å². The lowest BCUT2D eigenvalue weighted by molar-refractivity contribution is -0.131. The number of carbonyl (C=O) groups is 1. The van der Waals surface area contributed by atoms with Crippen LogP contribution in [0.1, 0.15) is 18.3 Å². The number of aromatic nitrogens is 2. The van der Waals surface area contributed by atoms with Crippen LogP contribution >= 0.6 is 0 Å². The summed E-state index contributed by atoms with van der Waals surface area (Å²) in [7, 11) is 0. The minimum atomic E-state index is -0.341. The van der Waals surface area contributed by atoms with Crippen molar-refractivity contribution in [2.24, 2.45) is 0 Å². The second-order valence-electron chi connectivity index (χ2n) is 3.57. The van der Waals surface area contributed by atoms with E-state index in [1.54, 1.807) is 30.6 Å². The average Bonchev–Trinajstić information content (AvgIpc) is 2.38. The normalized spacial score (nSPS) is 10.5. The highest BCUT2D eigenvalue weighted by atomic mass is 16.5. The Bertz CT molecular complexity index is 565. The van der Waals surface area contributed by atoms with Crippen molar-refractivity contribution < 1.29 is 9.53 Å². The lowest BCUT2D eigenvalue weighted by Gasteiger charge is -2.04. The summed E-state index contributed by atoms with van der Waals surface area (Å²) in [4.78, 5) is 19.1. The van der Waals surface area contributed by atoms with Gasteiger partial charge in [0, 0.05) is 24.9 Å². The van der Waals surface area contributed by atoms with Crippen LogP contribution in [0.4, 0.5) is 0 Å². The molecule has 2 rings (SSSR count). The van der Waals surface area contributed by atoms with Gasteiger partial charge in [-0.25, -0.2) is 9.97 Å². The highest BCUT2D eigenvalue weighted by molar-refractivity contribution is 5.75. The number of hydrogen-bond acceptors (Lipinski definition) is 4. The first-order valence-corrected chi connectivity index (χ1v) is 5.48. The fourth-order valence-corrected chi connectivity index (χ4v) is 1.43. The molecule has 0 saturated heterocycles. The van der Waals surface area contributed by atoms with Gasteiger partial charge in [0.1, 0.15) is 5.75 Å². The summed E-state index contributed by atoms with van der Waals surface area (Å²) < 4.78 is 5.10. The molecule has 0 fully saturated rings. The highest BCUT2D eigenvalue weighted by Crippen LogP contribution is 2.20. The number of benzene rings is 1. The maximum atomic E-state index is 11.0. The fourth-order valence-electron chi connectivity index (χ4n) is 1.43. The van der Waals surface area contributed by atoms with Gasteiger partial charge < -0.3 is 4.74 Å². The van der Waals surface area contributed by atoms with Gasteiger partial charge in [0.25, 0.3) is 0 Å². The summed E-state index contributed by atoms with van der Waals surface area (Å²) in [5, 5.41) is 0. The number of esters is 1. The fraction of sp³-hybridized carbons (Fsp3) is 0.0714. The molecule has 0 amide bonds. The zero-order chi connectivity index (χ0) is 12.8. The first-order chi connectivity index (χ1) is 8.75. The summed E-state index contributed by atoms with van der Waals surface area (Å²) >= 11 is 0. The number of carbonyl (C=O) groups excluding carboxylic acids is 1. The van der Waals surface area contributed by atoms with Crippen molar-refractivity contribution in [3.8, 4) is 5.75 Å². The van der Waals surface area contributed by atoms with Gasteiger partial charge in [-0.1, -0.05) is 18.2 Å². The largest absolute Gasteiger partial charge is 0.426 e. The Labute approximate surface area is 105 Å². The quantitative estimate of drug-likeness (QED) is 0.611. The molecule has 2 aromatic rings. The number of hydrogen-bond donors (Lipinski definition) is 0. The Morgan fingerprint density at radius 2 is 1.83 bits per heavy atom. The maximum absolute atomic E-state index is 11.0. The SMILES string of the molecule is CC(=O)Oc1ccccc1C=Cc1ncccn1. The molecule has 0 N–H and O–H groups in total. The maximum Gasteiger partial charge on any atom is 0.308 e. The van der Waals surface area contributed by atoms with E-state index >= 15 is 0 Å². The lowest BCUT2D eigenvalue weighted by Crippen LogP contribution is -2.02. The molecule has 0 radical (unpaired) electrons. The minimum absolute atomic E-state index is 0.341. The molecule has 0 aliphatic heterocycles. The van der Waals surface area contributed by atoms with E-state index in [0.29, 0.717) is 11.6 Å². The van der Waals surface area contributed by atoms with E-state index in [0.717, 1.165) is 5.56 Å². The summed E-state index contributed by atoms with van der Waals surface area (Å²) in [6.45, 7) is 1.38. The molecule has 0 atom stereocenters. The van der Waals surface area contributed by atoms with Crippen LogP contribution < -0.4 is 4.74 Å². The zero-order valence-electron chi connectivity index (χ0n) is 9.91. The molecule has 0 unspecified atom stereocenters. The van der Waals surface area contributed by atoms with Gasteiger partial charge in [-0.2, -0.15) is 0 Å². The van der Waals surface area contributed by atoms with Crippen molar-refractivity contribution in [2.45, 2.75) is 6.92 Å². The molecular weight excluding hydrogens is 228 g/mol. The number of ether oxygens (including phenoxy) is 1. The third-order valence-electron chi connectivity index (χ3n) is 2.17. The monoisotopic (exact) mass is 240 g/mol. The molecule has 1 heterocycles. The molecule has 0 saturated carbocycles. The molecule has 0 spiro atoms. The van der Waals surface area contributed by atoms with Crippen LogP contribution in [0.2, 0.25) is 0 Å².